The summed E-state index contributed by atoms with van der Waals surface area (Å²) in [6.07, 6.45) is 0. The Morgan fingerprint density at radius 2 is 1.64 bits per heavy atom. The molecule has 2 aromatic heterocycles. The Morgan fingerprint density at radius 3 is 2.45 bits per heavy atom. The fourth-order valence-corrected chi connectivity index (χ4v) is 3.77. The minimum atomic E-state index is -1.04. The quantitative estimate of drug-likeness (QED) is 0.253. The third kappa shape index (κ3) is 3.70. The Hall–Kier alpha value is -4.16. The second-order valence-corrected chi connectivity index (χ2v) is 7.85. The van der Waals surface area contributed by atoms with Gasteiger partial charge in [0.15, 0.2) is 5.76 Å². The average molecular weight is 459 g/mol. The normalized spacial score (nSPS) is 11.1. The van der Waals surface area contributed by atoms with Crippen LogP contribution in [0.3, 0.4) is 0 Å². The molecule has 7 heteroatoms. The molecule has 0 saturated heterocycles. The van der Waals surface area contributed by atoms with Crippen LogP contribution in [-0.2, 0) is 0 Å². The van der Waals surface area contributed by atoms with Crippen molar-refractivity contribution < 1.29 is 18.4 Å². The number of halogens is 1. The van der Waals surface area contributed by atoms with E-state index in [1.54, 1.807) is 66.7 Å². The maximum atomic E-state index is 13.3. The highest BCUT2D eigenvalue weighted by Gasteiger charge is 2.24. The monoisotopic (exact) mass is 458 g/mol. The van der Waals surface area contributed by atoms with Gasteiger partial charge in [0.1, 0.15) is 16.7 Å². The maximum Gasteiger partial charge on any atom is 0.351 e. The molecule has 0 saturated carbocycles. The molecule has 0 aliphatic carbocycles. The highest BCUT2D eigenvalue weighted by molar-refractivity contribution is 6.33. The molecule has 0 N–H and O–H groups in total. The van der Waals surface area contributed by atoms with Gasteiger partial charge in [-0.05, 0) is 48.9 Å². The number of hydrogen-bond acceptors (Lipinski definition) is 6. The molecule has 0 fully saturated rings. The van der Waals surface area contributed by atoms with Crippen LogP contribution in [0.1, 0.15) is 15.9 Å². The number of rotatable bonds is 3. The summed E-state index contributed by atoms with van der Waals surface area (Å²) in [4.78, 5) is 38.7. The number of fused-ring (bicyclic) bond motifs is 2. The molecular weight excluding hydrogens is 444 g/mol. The maximum absolute atomic E-state index is 13.3. The van der Waals surface area contributed by atoms with Gasteiger partial charge in [0, 0.05) is 10.9 Å². The van der Waals surface area contributed by atoms with Crippen LogP contribution in [0.15, 0.2) is 91.2 Å². The summed E-state index contributed by atoms with van der Waals surface area (Å²) < 4.78 is 16.7. The predicted molar refractivity (Wildman–Crippen MR) is 125 cm³/mol. The third-order valence-electron chi connectivity index (χ3n) is 5.18. The molecule has 5 rings (SSSR count). The number of para-hydroxylation sites is 1. The molecule has 0 aliphatic heterocycles. The second kappa shape index (κ2) is 8.07. The topological polar surface area (TPSA) is 86.7 Å². The number of aryl methyl sites for hydroxylation is 1. The Labute approximate surface area is 191 Å². The zero-order valence-electron chi connectivity index (χ0n) is 17.3. The lowest BCUT2D eigenvalue weighted by molar-refractivity contribution is 0.0727. The van der Waals surface area contributed by atoms with Gasteiger partial charge in [-0.1, -0.05) is 48.0 Å². The molecule has 0 unspecified atom stereocenters. The van der Waals surface area contributed by atoms with Crippen LogP contribution in [0.4, 0.5) is 0 Å². The zero-order chi connectivity index (χ0) is 23.1. The fraction of sp³-hybridized carbons (Fsp3) is 0.0385. The summed E-state index contributed by atoms with van der Waals surface area (Å²) in [6.45, 7) is 1.86. The molecule has 0 bridgehead atoms. The molecule has 0 radical (unpaired) electrons. The third-order valence-corrected chi connectivity index (χ3v) is 5.51. The first-order chi connectivity index (χ1) is 15.9. The van der Waals surface area contributed by atoms with Gasteiger partial charge in [0.05, 0.1) is 10.4 Å². The van der Waals surface area contributed by atoms with Crippen molar-refractivity contribution in [2.45, 2.75) is 6.92 Å². The van der Waals surface area contributed by atoms with Crippen molar-refractivity contribution in [3.63, 3.8) is 0 Å². The van der Waals surface area contributed by atoms with Crippen molar-refractivity contribution in [3.05, 3.63) is 110 Å². The van der Waals surface area contributed by atoms with Gasteiger partial charge in [0.25, 0.3) is 0 Å². The highest BCUT2D eigenvalue weighted by Crippen LogP contribution is 2.35. The summed E-state index contributed by atoms with van der Waals surface area (Å²) in [5.41, 5.74) is 0.115. The van der Waals surface area contributed by atoms with E-state index in [-0.39, 0.29) is 22.5 Å². The molecule has 0 atom stereocenters. The Kier molecular flexibility index (Phi) is 5.07. The van der Waals surface area contributed by atoms with Gasteiger partial charge < -0.3 is 13.6 Å². The van der Waals surface area contributed by atoms with Gasteiger partial charge >= 0.3 is 11.6 Å². The van der Waals surface area contributed by atoms with Crippen molar-refractivity contribution in [2.24, 2.45) is 0 Å². The van der Waals surface area contributed by atoms with Gasteiger partial charge in [-0.3, -0.25) is 4.79 Å². The van der Waals surface area contributed by atoms with Crippen molar-refractivity contribution in [1.29, 1.82) is 0 Å². The van der Waals surface area contributed by atoms with Crippen molar-refractivity contribution >= 4 is 39.5 Å². The standard InChI is InChI=1S/C26H15ClO6/c1-14-10-11-17-21(12-14)31-23(16-7-3-4-8-19(16)27)24(22(17)28)33-26(30)18-13-15-6-2-5-9-20(15)32-25(18)29/h2-13H,1H3. The van der Waals surface area contributed by atoms with Crippen LogP contribution >= 0.6 is 11.6 Å². The molecular formula is C26H15ClO6. The minimum Gasteiger partial charge on any atom is -0.452 e. The summed E-state index contributed by atoms with van der Waals surface area (Å²) in [5.74, 6) is -1.42. The predicted octanol–water partition coefficient (Wildman–Crippen LogP) is 5.75. The molecule has 33 heavy (non-hydrogen) atoms. The van der Waals surface area contributed by atoms with E-state index in [1.807, 2.05) is 6.92 Å². The average Bonchev–Trinajstić information content (AvgIpc) is 2.80. The fourth-order valence-electron chi connectivity index (χ4n) is 3.55. The molecule has 0 spiro atoms. The molecule has 6 nitrogen and oxygen atoms in total. The first kappa shape index (κ1) is 20.7. The highest BCUT2D eigenvalue weighted by atomic mass is 35.5. The summed E-state index contributed by atoms with van der Waals surface area (Å²) in [5, 5.41) is 1.07. The number of esters is 1. The van der Waals surface area contributed by atoms with Gasteiger partial charge in [-0.25, -0.2) is 9.59 Å². The number of carbonyl (C=O) groups is 1. The number of hydrogen-bond donors (Lipinski definition) is 0. The Balaban J connectivity index is 1.70. The smallest absolute Gasteiger partial charge is 0.351 e. The van der Waals surface area contributed by atoms with Crippen molar-refractivity contribution in [1.82, 2.24) is 0 Å². The molecule has 0 amide bonds. The number of ether oxygens (including phenoxy) is 1. The first-order valence-corrected chi connectivity index (χ1v) is 10.4. The summed E-state index contributed by atoms with van der Waals surface area (Å²) in [7, 11) is 0. The van der Waals surface area contributed by atoms with Gasteiger partial charge in [-0.2, -0.15) is 0 Å². The van der Waals surface area contributed by atoms with Crippen LogP contribution in [0.2, 0.25) is 5.02 Å². The zero-order valence-corrected chi connectivity index (χ0v) is 18.0. The Morgan fingerprint density at radius 1 is 0.879 bits per heavy atom. The lowest BCUT2D eigenvalue weighted by atomic mass is 10.1. The minimum absolute atomic E-state index is 0.0118. The van der Waals surface area contributed by atoms with Crippen LogP contribution in [-0.4, -0.2) is 5.97 Å². The first-order valence-electron chi connectivity index (χ1n) is 10.00. The van der Waals surface area contributed by atoms with Gasteiger partial charge in [0.2, 0.25) is 11.2 Å². The lowest BCUT2D eigenvalue weighted by Crippen LogP contribution is -2.22. The SMILES string of the molecule is Cc1ccc2c(=O)c(OC(=O)c3cc4ccccc4oc3=O)c(-c3ccccc3Cl)oc2c1. The van der Waals surface area contributed by atoms with Crippen molar-refractivity contribution in [3.8, 4) is 17.1 Å². The number of carbonyl (C=O) groups excluding carboxylic acids is 1. The number of benzene rings is 3. The van der Waals surface area contributed by atoms with E-state index in [0.717, 1.165) is 5.56 Å². The molecule has 3 aromatic carbocycles. The van der Waals surface area contributed by atoms with E-state index in [9.17, 15) is 14.4 Å². The van der Waals surface area contributed by atoms with Crippen molar-refractivity contribution in [2.75, 3.05) is 0 Å². The van der Waals surface area contributed by atoms with Gasteiger partial charge in [-0.15, -0.1) is 0 Å². The summed E-state index contributed by atoms with van der Waals surface area (Å²) in [6, 6.07) is 19.9. The van der Waals surface area contributed by atoms with E-state index in [1.165, 1.54) is 6.07 Å². The van der Waals surface area contributed by atoms with E-state index in [4.69, 9.17) is 25.2 Å². The van der Waals surface area contributed by atoms with E-state index in [2.05, 4.69) is 0 Å². The summed E-state index contributed by atoms with van der Waals surface area (Å²) >= 11 is 6.34. The molecule has 162 valence electrons. The van der Waals surface area contributed by atoms with E-state index >= 15 is 0 Å². The van der Waals surface area contributed by atoms with E-state index < -0.39 is 17.0 Å². The van der Waals surface area contributed by atoms with E-state index in [0.29, 0.717) is 27.1 Å². The largest absolute Gasteiger partial charge is 0.452 e. The molecule has 5 aromatic rings. The van der Waals surface area contributed by atoms with Crippen LogP contribution in [0.25, 0.3) is 33.3 Å². The second-order valence-electron chi connectivity index (χ2n) is 7.44. The molecule has 2 heterocycles. The van der Waals surface area contributed by atoms with Crippen LogP contribution < -0.4 is 15.8 Å². The van der Waals surface area contributed by atoms with Crippen LogP contribution in [0.5, 0.6) is 5.75 Å². The molecule has 0 aliphatic rings. The van der Waals surface area contributed by atoms with Crippen LogP contribution in [0, 0.1) is 6.92 Å². The Bertz CT molecular complexity index is 1680. The lowest BCUT2D eigenvalue weighted by Gasteiger charge is -2.12.